The molecule has 1 heterocycles. The second kappa shape index (κ2) is 9.17. The average molecular weight is 421 g/mol. The van der Waals surface area contributed by atoms with E-state index in [1.807, 2.05) is 24.3 Å². The monoisotopic (exact) mass is 420 g/mol. The molecule has 2 aromatic rings. The lowest BCUT2D eigenvalue weighted by atomic mass is 9.62. The molecule has 0 aliphatic carbocycles. The highest BCUT2D eigenvalue weighted by Crippen LogP contribution is 2.47. The maximum atomic E-state index is 12.0. The number of quaternary nitrogens is 1. The summed E-state index contributed by atoms with van der Waals surface area (Å²) in [7, 11) is 0. The van der Waals surface area contributed by atoms with Crippen molar-refractivity contribution in [1.29, 1.82) is 0 Å². The Hall–Kier alpha value is -1.06. The molecule has 1 fully saturated rings. The molecule has 0 amide bonds. The predicted octanol–water partition coefficient (Wildman–Crippen LogP) is 5.94. The summed E-state index contributed by atoms with van der Waals surface area (Å²) in [4.78, 5) is 0. The van der Waals surface area contributed by atoms with Crippen molar-refractivity contribution in [3.63, 3.8) is 0 Å². The minimum atomic E-state index is -0.700. The second-order valence-corrected chi connectivity index (χ2v) is 9.15. The molecule has 0 aromatic heterocycles. The van der Waals surface area contributed by atoms with Crippen LogP contribution in [-0.2, 0) is 0 Å². The number of hydrogen-bond donors (Lipinski definition) is 2. The van der Waals surface area contributed by atoms with Crippen LogP contribution in [0.25, 0.3) is 0 Å². The van der Waals surface area contributed by atoms with Crippen molar-refractivity contribution in [2.24, 2.45) is 11.8 Å². The van der Waals surface area contributed by atoms with Gasteiger partial charge in [0, 0.05) is 33.0 Å². The summed E-state index contributed by atoms with van der Waals surface area (Å²) in [5, 5.41) is 16.0. The van der Waals surface area contributed by atoms with Gasteiger partial charge in [0.1, 0.15) is 12.1 Å². The van der Waals surface area contributed by atoms with E-state index in [2.05, 4.69) is 50.4 Å². The quantitative estimate of drug-likeness (QED) is 0.595. The number of benzene rings is 2. The Bertz CT molecular complexity index is 761. The molecule has 0 saturated carbocycles. The number of piperidine rings is 1. The molecule has 2 nitrogen and oxygen atoms in total. The molecule has 0 spiro atoms. The maximum Gasteiger partial charge on any atom is 0.118 e. The molecule has 2 aromatic carbocycles. The fourth-order valence-corrected chi connectivity index (χ4v) is 5.40. The van der Waals surface area contributed by atoms with E-state index in [-0.39, 0.29) is 23.9 Å². The zero-order valence-electron chi connectivity index (χ0n) is 17.0. The van der Waals surface area contributed by atoms with Gasteiger partial charge in [0.05, 0.1) is 5.60 Å². The maximum absolute atomic E-state index is 12.0. The van der Waals surface area contributed by atoms with Crippen LogP contribution < -0.4 is 5.32 Å². The topological polar surface area (TPSA) is 36.8 Å². The van der Waals surface area contributed by atoms with Gasteiger partial charge in [-0.1, -0.05) is 81.1 Å². The third kappa shape index (κ3) is 4.26. The van der Waals surface area contributed by atoms with E-state index in [1.165, 1.54) is 11.1 Å². The molecular weight excluding hydrogens is 389 g/mol. The Morgan fingerprint density at radius 1 is 0.857 bits per heavy atom. The lowest BCUT2D eigenvalue weighted by Gasteiger charge is -2.51. The fraction of sp³-hybridized carbons (Fsp3) is 0.500. The molecule has 0 radical (unpaired) electrons. The minimum absolute atomic E-state index is 0.147. The molecule has 0 bridgehead atoms. The first-order valence-electron chi connectivity index (χ1n) is 10.5. The van der Waals surface area contributed by atoms with Crippen molar-refractivity contribution in [3.8, 4) is 0 Å². The fourth-order valence-electron chi connectivity index (χ4n) is 5.15. The van der Waals surface area contributed by atoms with Gasteiger partial charge in [0.25, 0.3) is 0 Å². The van der Waals surface area contributed by atoms with Crippen LogP contribution in [0.2, 0.25) is 10.0 Å². The highest BCUT2D eigenvalue weighted by Gasteiger charge is 2.54. The highest BCUT2D eigenvalue weighted by atomic mass is 35.5. The molecule has 28 heavy (non-hydrogen) atoms. The summed E-state index contributed by atoms with van der Waals surface area (Å²) in [6, 6.07) is 16.6. The summed E-state index contributed by atoms with van der Waals surface area (Å²) in [5.41, 5.74) is 1.76. The van der Waals surface area contributed by atoms with Crippen molar-refractivity contribution >= 4 is 23.2 Å². The number of hydrogen-bond acceptors (Lipinski definition) is 1. The van der Waals surface area contributed by atoms with Crippen molar-refractivity contribution in [1.82, 2.24) is 0 Å². The largest absolute Gasteiger partial charge is 0.389 e. The van der Waals surface area contributed by atoms with Gasteiger partial charge >= 0.3 is 0 Å². The summed E-state index contributed by atoms with van der Waals surface area (Å²) < 4.78 is 0. The normalized spacial score (nSPS) is 30.4. The molecule has 3 rings (SSSR count). The van der Waals surface area contributed by atoms with Crippen LogP contribution in [0.1, 0.15) is 69.7 Å². The van der Waals surface area contributed by atoms with Gasteiger partial charge in [-0.15, -0.1) is 0 Å². The molecule has 5 atom stereocenters. The number of halogens is 2. The third-order valence-corrected chi connectivity index (χ3v) is 7.08. The second-order valence-electron chi connectivity index (χ2n) is 8.27. The number of rotatable bonds is 6. The van der Waals surface area contributed by atoms with Gasteiger partial charge in [-0.05, 0) is 37.1 Å². The summed E-state index contributed by atoms with van der Waals surface area (Å²) in [6.45, 7) is 6.59. The van der Waals surface area contributed by atoms with Crippen LogP contribution in [0.4, 0.5) is 0 Å². The SMILES string of the molecule is CCC[C@H]1[C@@H](c2ccc(Cl)cc2)[NH2+][C@H](c2ccc(Cl)cc2)[C@H](C)[C@]1(O)CCC. The van der Waals surface area contributed by atoms with Crippen molar-refractivity contribution in [2.75, 3.05) is 0 Å². The predicted molar refractivity (Wildman–Crippen MR) is 118 cm³/mol. The van der Waals surface area contributed by atoms with Gasteiger partial charge in [-0.25, -0.2) is 0 Å². The van der Waals surface area contributed by atoms with Gasteiger partial charge < -0.3 is 10.4 Å². The van der Waals surface area contributed by atoms with Crippen LogP contribution in [0, 0.1) is 11.8 Å². The summed E-state index contributed by atoms with van der Waals surface area (Å²) >= 11 is 12.3. The first kappa shape index (κ1) is 21.6. The minimum Gasteiger partial charge on any atom is -0.389 e. The third-order valence-electron chi connectivity index (χ3n) is 6.58. The molecule has 3 N–H and O–H groups in total. The van der Waals surface area contributed by atoms with Crippen LogP contribution in [0.3, 0.4) is 0 Å². The van der Waals surface area contributed by atoms with Crippen molar-refractivity contribution < 1.29 is 10.4 Å². The van der Waals surface area contributed by atoms with E-state index in [9.17, 15) is 5.11 Å². The first-order valence-corrected chi connectivity index (χ1v) is 11.2. The summed E-state index contributed by atoms with van der Waals surface area (Å²) in [6.07, 6.45) is 3.87. The Morgan fingerprint density at radius 3 is 1.82 bits per heavy atom. The zero-order valence-corrected chi connectivity index (χ0v) is 18.5. The van der Waals surface area contributed by atoms with Gasteiger partial charge in [0.15, 0.2) is 0 Å². The van der Waals surface area contributed by atoms with Crippen LogP contribution in [0.15, 0.2) is 48.5 Å². The average Bonchev–Trinajstić information content (AvgIpc) is 2.68. The van der Waals surface area contributed by atoms with Crippen molar-refractivity contribution in [3.05, 3.63) is 69.7 Å². The van der Waals surface area contributed by atoms with E-state index >= 15 is 0 Å². The molecular formula is C24H32Cl2NO+. The molecule has 4 heteroatoms. The Kier molecular flexibility index (Phi) is 7.09. The van der Waals surface area contributed by atoms with E-state index in [4.69, 9.17) is 23.2 Å². The molecule has 0 unspecified atom stereocenters. The molecule has 152 valence electrons. The summed E-state index contributed by atoms with van der Waals surface area (Å²) in [5.74, 6) is 0.353. The van der Waals surface area contributed by atoms with Crippen LogP contribution in [0.5, 0.6) is 0 Å². The lowest BCUT2D eigenvalue weighted by molar-refractivity contribution is -0.765. The smallest absolute Gasteiger partial charge is 0.118 e. The molecule has 1 aliphatic heterocycles. The van der Waals surface area contributed by atoms with E-state index in [0.29, 0.717) is 0 Å². The van der Waals surface area contributed by atoms with Gasteiger partial charge in [-0.2, -0.15) is 0 Å². The highest BCUT2D eigenvalue weighted by molar-refractivity contribution is 6.30. The first-order chi connectivity index (χ1) is 13.4. The number of nitrogens with two attached hydrogens (primary N) is 1. The lowest BCUT2D eigenvalue weighted by Crippen LogP contribution is -2.93. The van der Waals surface area contributed by atoms with E-state index in [1.54, 1.807) is 0 Å². The van der Waals surface area contributed by atoms with E-state index in [0.717, 1.165) is 35.7 Å². The van der Waals surface area contributed by atoms with E-state index < -0.39 is 5.60 Å². The Labute approximate surface area is 179 Å². The zero-order chi connectivity index (χ0) is 20.3. The molecule has 1 saturated heterocycles. The van der Waals surface area contributed by atoms with Gasteiger partial charge in [-0.3, -0.25) is 0 Å². The number of aliphatic hydroxyl groups is 1. The van der Waals surface area contributed by atoms with Gasteiger partial charge in [0.2, 0.25) is 0 Å². The standard InChI is InChI=1S/C24H31Cl2NO/c1-4-6-21-23(18-9-13-20(26)14-10-18)27-22(16(3)24(21,28)15-5-2)17-7-11-19(25)12-8-17/h7-14,16,21-23,27-28H,4-6,15H2,1-3H3/p+1/t16-,21-,22-,23+,24+/m0/s1. The van der Waals surface area contributed by atoms with Crippen LogP contribution in [-0.4, -0.2) is 10.7 Å². The molecule has 1 aliphatic rings. The van der Waals surface area contributed by atoms with Crippen molar-refractivity contribution in [2.45, 2.75) is 64.1 Å². The Morgan fingerprint density at radius 2 is 1.36 bits per heavy atom. The van der Waals surface area contributed by atoms with Crippen LogP contribution >= 0.6 is 23.2 Å². The Balaban J connectivity index is 2.06.